The maximum atomic E-state index is 12.4. The van der Waals surface area contributed by atoms with Crippen molar-refractivity contribution in [2.75, 3.05) is 5.32 Å². The van der Waals surface area contributed by atoms with Gasteiger partial charge < -0.3 is 15.1 Å². The Morgan fingerprint density at radius 1 is 0.966 bits per heavy atom. The molecule has 0 aliphatic heterocycles. The van der Waals surface area contributed by atoms with E-state index in [1.807, 2.05) is 0 Å². The average Bonchev–Trinajstić information content (AvgIpc) is 3.23. The second kappa shape index (κ2) is 8.29. The third-order valence-corrected chi connectivity index (χ3v) is 5.14. The van der Waals surface area contributed by atoms with Crippen LogP contribution in [0.4, 0.5) is 5.69 Å². The van der Waals surface area contributed by atoms with Gasteiger partial charge in [0.2, 0.25) is 10.0 Å². The smallest absolute Gasteiger partial charge is 0.291 e. The van der Waals surface area contributed by atoms with Crippen LogP contribution in [0.3, 0.4) is 0 Å². The molecule has 1 atom stereocenters. The number of carbonyl (C=O) groups excluding carboxylic acids is 2. The molecule has 0 bridgehead atoms. The van der Waals surface area contributed by atoms with E-state index in [0.29, 0.717) is 11.3 Å². The standard InChI is InChI=1S/C20H19N3O5S/c1-13(14-6-10-17(11-7-14)29(21,26)27)22-19(24)15-4-8-16(9-5-15)23-20(25)18-3-2-12-28-18/h2-13H,1H3,(H,22,24)(H,23,25)(H2,21,26,27). The number of furan rings is 1. The van der Waals surface area contributed by atoms with Crippen molar-refractivity contribution in [3.05, 3.63) is 83.8 Å². The number of benzene rings is 2. The highest BCUT2D eigenvalue weighted by Crippen LogP contribution is 2.17. The van der Waals surface area contributed by atoms with Crippen molar-refractivity contribution in [2.45, 2.75) is 17.9 Å². The van der Waals surface area contributed by atoms with Gasteiger partial charge in [0.15, 0.2) is 5.76 Å². The second-order valence-corrected chi connectivity index (χ2v) is 7.88. The first-order chi connectivity index (χ1) is 13.7. The van der Waals surface area contributed by atoms with Crippen molar-refractivity contribution in [1.82, 2.24) is 5.32 Å². The summed E-state index contributed by atoms with van der Waals surface area (Å²) in [6.07, 6.45) is 1.41. The van der Waals surface area contributed by atoms with Crippen LogP contribution < -0.4 is 15.8 Å². The van der Waals surface area contributed by atoms with Gasteiger partial charge in [-0.15, -0.1) is 0 Å². The molecule has 8 nitrogen and oxygen atoms in total. The molecule has 3 rings (SSSR count). The molecule has 1 heterocycles. The van der Waals surface area contributed by atoms with E-state index in [-0.39, 0.29) is 28.5 Å². The van der Waals surface area contributed by atoms with Gasteiger partial charge in [0, 0.05) is 11.3 Å². The Balaban J connectivity index is 1.62. The number of rotatable bonds is 6. The fraction of sp³-hybridized carbons (Fsp3) is 0.100. The van der Waals surface area contributed by atoms with Crippen LogP contribution in [0.5, 0.6) is 0 Å². The monoisotopic (exact) mass is 413 g/mol. The van der Waals surface area contributed by atoms with E-state index >= 15 is 0 Å². The number of hydrogen-bond acceptors (Lipinski definition) is 5. The lowest BCUT2D eigenvalue weighted by atomic mass is 10.1. The molecular formula is C20H19N3O5S. The summed E-state index contributed by atoms with van der Waals surface area (Å²) in [5.74, 6) is -0.505. The first-order valence-corrected chi connectivity index (χ1v) is 10.2. The second-order valence-electron chi connectivity index (χ2n) is 6.32. The van der Waals surface area contributed by atoms with Gasteiger partial charge in [-0.2, -0.15) is 0 Å². The molecule has 0 saturated heterocycles. The molecule has 1 aromatic heterocycles. The zero-order chi connectivity index (χ0) is 21.0. The van der Waals surface area contributed by atoms with Crippen molar-refractivity contribution in [3.63, 3.8) is 0 Å². The Morgan fingerprint density at radius 2 is 1.62 bits per heavy atom. The van der Waals surface area contributed by atoms with Gasteiger partial charge >= 0.3 is 0 Å². The molecule has 0 radical (unpaired) electrons. The minimum Gasteiger partial charge on any atom is -0.459 e. The Bertz CT molecular complexity index is 1110. The first kappa shape index (κ1) is 20.3. The van der Waals surface area contributed by atoms with E-state index < -0.39 is 10.0 Å². The highest BCUT2D eigenvalue weighted by atomic mass is 32.2. The number of primary sulfonamides is 1. The predicted molar refractivity (Wildman–Crippen MR) is 107 cm³/mol. The highest BCUT2D eigenvalue weighted by molar-refractivity contribution is 7.89. The molecule has 0 saturated carbocycles. The summed E-state index contributed by atoms with van der Waals surface area (Å²) in [5.41, 5.74) is 1.66. The molecule has 9 heteroatoms. The van der Waals surface area contributed by atoms with Gasteiger partial charge in [0.05, 0.1) is 17.2 Å². The summed E-state index contributed by atoms with van der Waals surface area (Å²) >= 11 is 0. The summed E-state index contributed by atoms with van der Waals surface area (Å²) in [7, 11) is -3.76. The van der Waals surface area contributed by atoms with E-state index in [0.717, 1.165) is 5.56 Å². The molecule has 1 unspecified atom stereocenters. The largest absolute Gasteiger partial charge is 0.459 e. The van der Waals surface area contributed by atoms with Crippen molar-refractivity contribution < 1.29 is 22.4 Å². The lowest BCUT2D eigenvalue weighted by Gasteiger charge is -2.15. The van der Waals surface area contributed by atoms with Crippen LogP contribution in [0.25, 0.3) is 0 Å². The molecule has 0 aliphatic rings. The summed E-state index contributed by atoms with van der Waals surface area (Å²) in [6.45, 7) is 1.78. The van der Waals surface area contributed by atoms with Gasteiger partial charge in [-0.05, 0) is 61.0 Å². The van der Waals surface area contributed by atoms with E-state index in [1.165, 1.54) is 18.4 Å². The zero-order valence-corrected chi connectivity index (χ0v) is 16.3. The number of hydrogen-bond donors (Lipinski definition) is 3. The number of nitrogens with one attached hydrogen (secondary N) is 2. The van der Waals surface area contributed by atoms with Crippen LogP contribution in [-0.2, 0) is 10.0 Å². The van der Waals surface area contributed by atoms with Gasteiger partial charge in [-0.3, -0.25) is 9.59 Å². The Kier molecular flexibility index (Phi) is 5.81. The fourth-order valence-corrected chi connectivity index (χ4v) is 3.13. The van der Waals surface area contributed by atoms with Gasteiger partial charge in [-0.25, -0.2) is 13.6 Å². The number of amides is 2. The number of anilines is 1. The fourth-order valence-electron chi connectivity index (χ4n) is 2.61. The Hall–Kier alpha value is -3.43. The number of sulfonamides is 1. The summed E-state index contributed by atoms with van der Waals surface area (Å²) in [4.78, 5) is 24.4. The topological polar surface area (TPSA) is 132 Å². The van der Waals surface area contributed by atoms with Gasteiger partial charge in [-0.1, -0.05) is 12.1 Å². The number of nitrogens with two attached hydrogens (primary N) is 1. The van der Waals surface area contributed by atoms with Crippen molar-refractivity contribution in [3.8, 4) is 0 Å². The maximum absolute atomic E-state index is 12.4. The molecule has 2 aromatic carbocycles. The minimum atomic E-state index is -3.76. The maximum Gasteiger partial charge on any atom is 0.291 e. The van der Waals surface area contributed by atoms with E-state index in [1.54, 1.807) is 55.5 Å². The molecule has 2 amide bonds. The molecule has 29 heavy (non-hydrogen) atoms. The minimum absolute atomic E-state index is 0.00645. The molecule has 4 N–H and O–H groups in total. The highest BCUT2D eigenvalue weighted by Gasteiger charge is 2.14. The lowest BCUT2D eigenvalue weighted by molar-refractivity contribution is 0.0939. The average molecular weight is 413 g/mol. The van der Waals surface area contributed by atoms with Crippen LogP contribution in [-0.4, -0.2) is 20.2 Å². The van der Waals surface area contributed by atoms with Crippen LogP contribution in [0.15, 0.2) is 76.2 Å². The quantitative estimate of drug-likeness (QED) is 0.572. The molecular weight excluding hydrogens is 394 g/mol. The molecule has 3 aromatic rings. The number of carbonyl (C=O) groups is 2. The summed E-state index contributed by atoms with van der Waals surface area (Å²) < 4.78 is 27.7. The van der Waals surface area contributed by atoms with E-state index in [4.69, 9.17) is 9.56 Å². The molecule has 150 valence electrons. The van der Waals surface area contributed by atoms with Crippen LogP contribution >= 0.6 is 0 Å². The SMILES string of the molecule is CC(NC(=O)c1ccc(NC(=O)c2ccco2)cc1)c1ccc(S(N)(=O)=O)cc1. The lowest BCUT2D eigenvalue weighted by Crippen LogP contribution is -2.26. The summed E-state index contributed by atoms with van der Waals surface area (Å²) in [5, 5.41) is 10.6. The first-order valence-electron chi connectivity index (χ1n) is 8.62. The molecule has 0 fully saturated rings. The van der Waals surface area contributed by atoms with Crippen LogP contribution in [0, 0.1) is 0 Å². The van der Waals surface area contributed by atoms with Gasteiger partial charge in [0.25, 0.3) is 11.8 Å². The van der Waals surface area contributed by atoms with Crippen LogP contribution in [0.2, 0.25) is 0 Å². The van der Waals surface area contributed by atoms with Crippen LogP contribution in [0.1, 0.15) is 39.4 Å². The van der Waals surface area contributed by atoms with E-state index in [2.05, 4.69) is 10.6 Å². The van der Waals surface area contributed by atoms with Crippen molar-refractivity contribution in [1.29, 1.82) is 0 Å². The summed E-state index contributed by atoms with van der Waals surface area (Å²) in [6, 6.07) is 15.2. The normalized spacial score (nSPS) is 12.2. The van der Waals surface area contributed by atoms with Crippen molar-refractivity contribution in [2.24, 2.45) is 5.14 Å². The zero-order valence-electron chi connectivity index (χ0n) is 15.5. The third kappa shape index (κ3) is 5.09. The Morgan fingerprint density at radius 3 is 2.17 bits per heavy atom. The Labute approximate surface area is 167 Å². The third-order valence-electron chi connectivity index (χ3n) is 4.21. The predicted octanol–water partition coefficient (Wildman–Crippen LogP) is 2.67. The molecule has 0 aliphatic carbocycles. The molecule has 0 spiro atoms. The van der Waals surface area contributed by atoms with E-state index in [9.17, 15) is 18.0 Å². The van der Waals surface area contributed by atoms with Crippen molar-refractivity contribution >= 4 is 27.5 Å². The van der Waals surface area contributed by atoms with Gasteiger partial charge in [0.1, 0.15) is 0 Å².